The third-order valence-electron chi connectivity index (χ3n) is 4.00. The van der Waals surface area contributed by atoms with Crippen molar-refractivity contribution in [3.63, 3.8) is 0 Å². The van der Waals surface area contributed by atoms with E-state index < -0.39 is 0 Å². The fraction of sp³-hybridized carbons (Fsp3) is 0.294. The third-order valence-corrected chi connectivity index (χ3v) is 4.55. The van der Waals surface area contributed by atoms with Gasteiger partial charge in [0.2, 0.25) is 0 Å². The number of benzene rings is 1. The SMILES string of the molecule is Cc1cc(C(C)C)c2c(=O)n(C)c(-c3ccc(Cl)cc3Cl)nn12. The lowest BCUT2D eigenvalue weighted by atomic mass is 10.1. The van der Waals surface area contributed by atoms with Gasteiger partial charge < -0.3 is 0 Å². The number of fused-ring (bicyclic) bond motifs is 1. The standard InChI is InChI=1S/C17H17Cl2N3O/c1-9(2)13-7-10(3)22-15(13)17(23)21(4)16(20-22)12-6-5-11(18)8-14(12)19/h5-9H,1-4H3. The maximum atomic E-state index is 12.9. The number of aryl methyl sites for hydroxylation is 1. The first-order valence-electron chi connectivity index (χ1n) is 7.36. The van der Waals surface area contributed by atoms with Crippen LogP contribution in [0.3, 0.4) is 0 Å². The number of aromatic nitrogens is 3. The molecule has 3 aromatic rings. The molecule has 0 bridgehead atoms. The predicted molar refractivity (Wildman–Crippen MR) is 94.7 cm³/mol. The minimum absolute atomic E-state index is 0.0854. The lowest BCUT2D eigenvalue weighted by molar-refractivity contribution is 0.763. The number of hydrogen-bond donors (Lipinski definition) is 0. The molecule has 23 heavy (non-hydrogen) atoms. The molecule has 0 amide bonds. The Morgan fingerprint density at radius 1 is 1.17 bits per heavy atom. The van der Waals surface area contributed by atoms with Crippen LogP contribution in [0.4, 0.5) is 0 Å². The van der Waals surface area contributed by atoms with Crippen LogP contribution < -0.4 is 5.56 Å². The van der Waals surface area contributed by atoms with Crippen LogP contribution in [0, 0.1) is 6.92 Å². The molecule has 0 saturated heterocycles. The van der Waals surface area contributed by atoms with E-state index in [9.17, 15) is 4.79 Å². The Morgan fingerprint density at radius 2 is 1.87 bits per heavy atom. The zero-order chi connectivity index (χ0) is 16.9. The zero-order valence-electron chi connectivity index (χ0n) is 13.4. The van der Waals surface area contributed by atoms with Crippen molar-refractivity contribution in [1.82, 2.24) is 14.2 Å². The van der Waals surface area contributed by atoms with Gasteiger partial charge in [0.05, 0.1) is 5.02 Å². The highest BCUT2D eigenvalue weighted by molar-refractivity contribution is 6.36. The van der Waals surface area contributed by atoms with Crippen molar-refractivity contribution in [3.05, 3.63) is 55.9 Å². The quantitative estimate of drug-likeness (QED) is 0.686. The summed E-state index contributed by atoms with van der Waals surface area (Å²) in [7, 11) is 1.71. The second-order valence-electron chi connectivity index (χ2n) is 5.97. The second kappa shape index (κ2) is 5.69. The molecule has 0 aliphatic heterocycles. The molecule has 0 aliphatic rings. The Labute approximate surface area is 144 Å². The summed E-state index contributed by atoms with van der Waals surface area (Å²) in [4.78, 5) is 12.9. The van der Waals surface area contributed by atoms with Crippen molar-refractivity contribution in [2.24, 2.45) is 7.05 Å². The predicted octanol–water partition coefficient (Wildman–Crippen LogP) is 4.44. The van der Waals surface area contributed by atoms with Crippen LogP contribution in [0.25, 0.3) is 16.9 Å². The normalized spacial score (nSPS) is 11.6. The molecule has 0 unspecified atom stereocenters. The van der Waals surface area contributed by atoms with Gasteiger partial charge in [-0.05, 0) is 42.7 Å². The first-order valence-corrected chi connectivity index (χ1v) is 8.11. The molecule has 0 saturated carbocycles. The summed E-state index contributed by atoms with van der Waals surface area (Å²) in [5.74, 6) is 0.761. The molecule has 2 aromatic heterocycles. The van der Waals surface area contributed by atoms with Crippen molar-refractivity contribution >= 4 is 28.7 Å². The van der Waals surface area contributed by atoms with Gasteiger partial charge in [0.25, 0.3) is 5.56 Å². The highest BCUT2D eigenvalue weighted by atomic mass is 35.5. The van der Waals surface area contributed by atoms with E-state index in [1.54, 1.807) is 29.8 Å². The molecule has 0 atom stereocenters. The van der Waals surface area contributed by atoms with Gasteiger partial charge in [-0.1, -0.05) is 37.0 Å². The molecular formula is C17H17Cl2N3O. The fourth-order valence-corrected chi connectivity index (χ4v) is 3.25. The topological polar surface area (TPSA) is 39.3 Å². The van der Waals surface area contributed by atoms with Gasteiger partial charge in [0, 0.05) is 23.3 Å². The molecule has 1 aromatic carbocycles. The molecule has 0 spiro atoms. The second-order valence-corrected chi connectivity index (χ2v) is 6.81. The molecule has 0 aliphatic carbocycles. The van der Waals surface area contributed by atoms with Crippen LogP contribution in [-0.4, -0.2) is 14.2 Å². The molecule has 3 rings (SSSR count). The number of nitrogens with zero attached hydrogens (tertiary/aromatic N) is 3. The van der Waals surface area contributed by atoms with Crippen LogP contribution >= 0.6 is 23.2 Å². The van der Waals surface area contributed by atoms with E-state index in [0.717, 1.165) is 11.3 Å². The Morgan fingerprint density at radius 3 is 2.48 bits per heavy atom. The van der Waals surface area contributed by atoms with Crippen LogP contribution in [-0.2, 0) is 7.05 Å². The van der Waals surface area contributed by atoms with Gasteiger partial charge in [0.1, 0.15) is 5.52 Å². The molecule has 0 fully saturated rings. The van der Waals surface area contributed by atoms with Crippen LogP contribution in [0.15, 0.2) is 29.1 Å². The van der Waals surface area contributed by atoms with Gasteiger partial charge >= 0.3 is 0 Å². The summed E-state index contributed by atoms with van der Waals surface area (Å²) in [5, 5.41) is 5.66. The Kier molecular flexibility index (Phi) is 3.98. The van der Waals surface area contributed by atoms with Gasteiger partial charge in [-0.25, -0.2) is 4.52 Å². The van der Waals surface area contributed by atoms with E-state index in [1.165, 1.54) is 4.57 Å². The minimum atomic E-state index is -0.0854. The van der Waals surface area contributed by atoms with Crippen molar-refractivity contribution in [3.8, 4) is 11.4 Å². The van der Waals surface area contributed by atoms with Crippen molar-refractivity contribution in [1.29, 1.82) is 0 Å². The molecule has 0 N–H and O–H groups in total. The summed E-state index contributed by atoms with van der Waals surface area (Å²) < 4.78 is 3.24. The third kappa shape index (κ3) is 2.56. The number of halogens is 2. The van der Waals surface area contributed by atoms with E-state index in [4.69, 9.17) is 23.2 Å². The lowest BCUT2D eigenvalue weighted by Crippen LogP contribution is -2.24. The molecule has 6 heteroatoms. The van der Waals surface area contributed by atoms with E-state index in [1.807, 2.05) is 13.0 Å². The summed E-state index contributed by atoms with van der Waals surface area (Å²) in [6.45, 7) is 6.08. The highest BCUT2D eigenvalue weighted by Crippen LogP contribution is 2.29. The summed E-state index contributed by atoms with van der Waals surface area (Å²) >= 11 is 12.2. The number of rotatable bonds is 2. The smallest absolute Gasteiger partial charge is 0.278 e. The molecule has 120 valence electrons. The van der Waals surface area contributed by atoms with Crippen LogP contribution in [0.2, 0.25) is 10.0 Å². The average molecular weight is 350 g/mol. The first kappa shape index (κ1) is 16.1. The van der Waals surface area contributed by atoms with E-state index in [0.29, 0.717) is 26.9 Å². The van der Waals surface area contributed by atoms with E-state index in [-0.39, 0.29) is 11.5 Å². The Hall–Kier alpha value is -1.78. The molecular weight excluding hydrogens is 333 g/mol. The van der Waals surface area contributed by atoms with Crippen LogP contribution in [0.5, 0.6) is 0 Å². The van der Waals surface area contributed by atoms with Crippen LogP contribution in [0.1, 0.15) is 31.0 Å². The average Bonchev–Trinajstić information content (AvgIpc) is 2.81. The largest absolute Gasteiger partial charge is 0.292 e. The van der Waals surface area contributed by atoms with Gasteiger partial charge in [0.15, 0.2) is 5.82 Å². The fourth-order valence-electron chi connectivity index (χ4n) is 2.76. The van der Waals surface area contributed by atoms with E-state index >= 15 is 0 Å². The maximum absolute atomic E-state index is 12.9. The molecule has 0 radical (unpaired) electrons. The number of hydrogen-bond acceptors (Lipinski definition) is 2. The minimum Gasteiger partial charge on any atom is -0.292 e. The summed E-state index contributed by atoms with van der Waals surface area (Å²) in [5.41, 5.74) is 3.14. The Bertz CT molecular complexity index is 970. The summed E-state index contributed by atoms with van der Waals surface area (Å²) in [6.07, 6.45) is 0. The molecule has 4 nitrogen and oxygen atoms in total. The van der Waals surface area contributed by atoms with E-state index in [2.05, 4.69) is 18.9 Å². The first-order chi connectivity index (χ1) is 10.8. The Balaban J connectivity index is 2.39. The highest BCUT2D eigenvalue weighted by Gasteiger charge is 2.19. The van der Waals surface area contributed by atoms with Crippen molar-refractivity contribution in [2.75, 3.05) is 0 Å². The maximum Gasteiger partial charge on any atom is 0.278 e. The van der Waals surface area contributed by atoms with Gasteiger partial charge in [-0.15, -0.1) is 5.10 Å². The molecule has 2 heterocycles. The van der Waals surface area contributed by atoms with Gasteiger partial charge in [-0.2, -0.15) is 0 Å². The monoisotopic (exact) mass is 349 g/mol. The van der Waals surface area contributed by atoms with Crippen molar-refractivity contribution in [2.45, 2.75) is 26.7 Å². The van der Waals surface area contributed by atoms with Gasteiger partial charge in [-0.3, -0.25) is 9.36 Å². The van der Waals surface area contributed by atoms with Crippen molar-refractivity contribution < 1.29 is 0 Å². The zero-order valence-corrected chi connectivity index (χ0v) is 14.9. The lowest BCUT2D eigenvalue weighted by Gasteiger charge is -2.12. The summed E-state index contributed by atoms with van der Waals surface area (Å²) in [6, 6.07) is 7.18.